The summed E-state index contributed by atoms with van der Waals surface area (Å²) in [6, 6.07) is 25.0. The Labute approximate surface area is 137 Å². The Bertz CT molecular complexity index is 701. The number of aromatic nitrogens is 1. The van der Waals surface area contributed by atoms with Gasteiger partial charge in [-0.15, -0.1) is 0 Å². The molecule has 0 aliphatic heterocycles. The van der Waals surface area contributed by atoms with Crippen LogP contribution in [0.5, 0.6) is 11.8 Å². The molecule has 0 saturated heterocycles. The molecule has 0 bridgehead atoms. The van der Waals surface area contributed by atoms with Crippen LogP contribution in [-0.4, -0.2) is 19.2 Å². The maximum Gasteiger partial charge on any atom is 0.216 e. The predicted octanol–water partition coefficient (Wildman–Crippen LogP) is 2.86. The summed E-state index contributed by atoms with van der Waals surface area (Å²) in [6.07, 6.45) is 0. The molecule has 0 saturated carbocycles. The zero-order chi connectivity index (χ0) is 16.1. The lowest BCUT2D eigenvalue weighted by molar-refractivity contribution is 0.365. The average Bonchev–Trinajstić information content (AvgIpc) is 2.63. The molecule has 0 aliphatic carbocycles. The highest BCUT2D eigenvalue weighted by molar-refractivity contribution is 7.79. The molecule has 116 valence electrons. The molecular weight excluding hydrogens is 305 g/mol. The summed E-state index contributed by atoms with van der Waals surface area (Å²) in [5.41, 5.74) is 0. The van der Waals surface area contributed by atoms with E-state index in [0.29, 0.717) is 11.8 Å². The van der Waals surface area contributed by atoms with Crippen LogP contribution in [0, 0.1) is 0 Å². The third-order valence-corrected chi connectivity index (χ3v) is 5.87. The van der Waals surface area contributed by atoms with E-state index in [0.717, 1.165) is 5.30 Å². The fourth-order valence-corrected chi connectivity index (χ4v) is 4.72. The van der Waals surface area contributed by atoms with Crippen LogP contribution in [0.1, 0.15) is 0 Å². The van der Waals surface area contributed by atoms with Gasteiger partial charge in [-0.25, -0.2) is 0 Å². The van der Waals surface area contributed by atoms with Crippen molar-refractivity contribution in [3.8, 4) is 11.8 Å². The zero-order valence-corrected chi connectivity index (χ0v) is 14.0. The van der Waals surface area contributed by atoms with Crippen molar-refractivity contribution in [2.45, 2.75) is 0 Å². The second-order valence-corrected chi connectivity index (χ2v) is 7.14. The summed E-state index contributed by atoms with van der Waals surface area (Å²) in [4.78, 5) is 4.31. The van der Waals surface area contributed by atoms with Gasteiger partial charge in [-0.1, -0.05) is 60.7 Å². The summed E-state index contributed by atoms with van der Waals surface area (Å²) in [5.74, 6) is 1.14. The Morgan fingerprint density at radius 3 is 1.48 bits per heavy atom. The van der Waals surface area contributed by atoms with Gasteiger partial charge in [0.15, 0.2) is 0 Å². The van der Waals surface area contributed by atoms with Gasteiger partial charge in [0.05, 0.1) is 14.2 Å². The molecular formula is C19H18NO2P. The topological polar surface area (TPSA) is 31.4 Å². The van der Waals surface area contributed by atoms with Crippen molar-refractivity contribution in [2.75, 3.05) is 14.2 Å². The van der Waals surface area contributed by atoms with Crippen molar-refractivity contribution < 1.29 is 9.47 Å². The van der Waals surface area contributed by atoms with Crippen LogP contribution in [0.25, 0.3) is 0 Å². The van der Waals surface area contributed by atoms with Crippen LogP contribution in [-0.2, 0) is 0 Å². The van der Waals surface area contributed by atoms with Crippen molar-refractivity contribution in [1.29, 1.82) is 0 Å². The SMILES string of the molecule is COc1cc(P(c2ccccc2)c2ccccc2)cc(OC)n1. The number of benzene rings is 2. The molecule has 1 heterocycles. The van der Waals surface area contributed by atoms with Gasteiger partial charge < -0.3 is 9.47 Å². The first-order valence-electron chi connectivity index (χ1n) is 7.32. The quantitative estimate of drug-likeness (QED) is 0.677. The van der Waals surface area contributed by atoms with Crippen molar-refractivity contribution in [3.63, 3.8) is 0 Å². The lowest BCUT2D eigenvalue weighted by Crippen LogP contribution is -2.21. The maximum absolute atomic E-state index is 5.34. The fourth-order valence-electron chi connectivity index (χ4n) is 2.41. The second kappa shape index (κ2) is 7.26. The van der Waals surface area contributed by atoms with E-state index in [4.69, 9.17) is 9.47 Å². The molecule has 3 nitrogen and oxygen atoms in total. The number of ether oxygens (including phenoxy) is 2. The minimum Gasteiger partial charge on any atom is -0.481 e. The molecule has 0 unspecified atom stereocenters. The molecule has 0 fully saturated rings. The highest BCUT2D eigenvalue weighted by Gasteiger charge is 2.18. The van der Waals surface area contributed by atoms with Crippen LogP contribution in [0.15, 0.2) is 72.8 Å². The van der Waals surface area contributed by atoms with E-state index in [1.807, 2.05) is 24.3 Å². The number of methoxy groups -OCH3 is 2. The standard InChI is InChI=1S/C19H18NO2P/c1-21-18-13-17(14-19(20-18)22-2)23(15-9-5-3-6-10-15)16-11-7-4-8-12-16/h3-14H,1-2H3. The van der Waals surface area contributed by atoms with Crippen LogP contribution >= 0.6 is 7.92 Å². The molecule has 3 rings (SSSR count). The normalized spacial score (nSPS) is 10.6. The highest BCUT2D eigenvalue weighted by atomic mass is 31.1. The molecule has 0 atom stereocenters. The lowest BCUT2D eigenvalue weighted by atomic mass is 10.4. The molecule has 2 aromatic carbocycles. The zero-order valence-electron chi connectivity index (χ0n) is 13.1. The van der Waals surface area contributed by atoms with Crippen molar-refractivity contribution in [1.82, 2.24) is 4.98 Å². The van der Waals surface area contributed by atoms with Gasteiger partial charge in [0.25, 0.3) is 0 Å². The number of nitrogens with zero attached hydrogens (tertiary/aromatic N) is 1. The van der Waals surface area contributed by atoms with E-state index in [9.17, 15) is 0 Å². The maximum atomic E-state index is 5.34. The summed E-state index contributed by atoms with van der Waals surface area (Å²) in [5, 5.41) is 3.72. The number of rotatable bonds is 5. The first-order valence-corrected chi connectivity index (χ1v) is 8.66. The number of hydrogen-bond donors (Lipinski definition) is 0. The molecule has 4 heteroatoms. The first-order chi connectivity index (χ1) is 11.3. The molecule has 3 aromatic rings. The Kier molecular flexibility index (Phi) is 4.89. The van der Waals surface area contributed by atoms with E-state index in [-0.39, 0.29) is 0 Å². The average molecular weight is 323 g/mol. The molecule has 1 aromatic heterocycles. The van der Waals surface area contributed by atoms with Crippen LogP contribution in [0.3, 0.4) is 0 Å². The minimum atomic E-state index is -0.690. The largest absolute Gasteiger partial charge is 0.481 e. The monoisotopic (exact) mass is 323 g/mol. The van der Waals surface area contributed by atoms with E-state index < -0.39 is 7.92 Å². The van der Waals surface area contributed by atoms with Gasteiger partial charge in [-0.3, -0.25) is 0 Å². The van der Waals surface area contributed by atoms with Gasteiger partial charge in [-0.2, -0.15) is 4.98 Å². The van der Waals surface area contributed by atoms with Crippen LogP contribution in [0.2, 0.25) is 0 Å². The van der Waals surface area contributed by atoms with Crippen LogP contribution < -0.4 is 25.4 Å². The number of pyridine rings is 1. The first kappa shape index (κ1) is 15.5. The molecule has 0 aliphatic rings. The lowest BCUT2D eigenvalue weighted by Gasteiger charge is -2.20. The molecule has 0 radical (unpaired) electrons. The van der Waals surface area contributed by atoms with Crippen molar-refractivity contribution in [3.05, 3.63) is 72.8 Å². The third kappa shape index (κ3) is 3.52. The minimum absolute atomic E-state index is 0.568. The molecule has 0 N–H and O–H groups in total. The van der Waals surface area contributed by atoms with Crippen molar-refractivity contribution in [2.24, 2.45) is 0 Å². The second-order valence-electron chi connectivity index (χ2n) is 4.92. The van der Waals surface area contributed by atoms with E-state index in [2.05, 4.69) is 53.5 Å². The summed E-state index contributed by atoms with van der Waals surface area (Å²) < 4.78 is 10.7. The fraction of sp³-hybridized carbons (Fsp3) is 0.105. The molecule has 0 amide bonds. The highest BCUT2D eigenvalue weighted by Crippen LogP contribution is 2.34. The van der Waals surface area contributed by atoms with Gasteiger partial charge in [0.1, 0.15) is 0 Å². The van der Waals surface area contributed by atoms with E-state index in [1.165, 1.54) is 10.6 Å². The van der Waals surface area contributed by atoms with E-state index >= 15 is 0 Å². The molecule has 0 spiro atoms. The Morgan fingerprint density at radius 2 is 1.09 bits per heavy atom. The Balaban J connectivity index is 2.16. The summed E-state index contributed by atoms with van der Waals surface area (Å²) >= 11 is 0. The van der Waals surface area contributed by atoms with Gasteiger partial charge >= 0.3 is 0 Å². The summed E-state index contributed by atoms with van der Waals surface area (Å²) in [7, 11) is 2.56. The predicted molar refractivity (Wildman–Crippen MR) is 96.0 cm³/mol. The van der Waals surface area contributed by atoms with Crippen LogP contribution in [0.4, 0.5) is 0 Å². The van der Waals surface area contributed by atoms with Crippen molar-refractivity contribution >= 4 is 23.8 Å². The Morgan fingerprint density at radius 1 is 0.652 bits per heavy atom. The smallest absolute Gasteiger partial charge is 0.216 e. The van der Waals surface area contributed by atoms with Gasteiger partial charge in [-0.05, 0) is 23.8 Å². The molecule has 23 heavy (non-hydrogen) atoms. The number of hydrogen-bond acceptors (Lipinski definition) is 3. The van der Waals surface area contributed by atoms with Gasteiger partial charge in [0, 0.05) is 12.1 Å². The van der Waals surface area contributed by atoms with E-state index in [1.54, 1.807) is 14.2 Å². The summed E-state index contributed by atoms with van der Waals surface area (Å²) in [6.45, 7) is 0. The Hall–Kier alpha value is -2.38. The third-order valence-electron chi connectivity index (χ3n) is 3.47. The van der Waals surface area contributed by atoms with Gasteiger partial charge in [0.2, 0.25) is 11.8 Å².